The fraction of sp³-hybridized carbons (Fsp3) is 0.259. The van der Waals surface area contributed by atoms with Crippen LogP contribution in [0.15, 0.2) is 76.8 Å². The molecular formula is C27H28N6S. The Hall–Kier alpha value is -3.45. The van der Waals surface area contributed by atoms with Gasteiger partial charge in [-0.1, -0.05) is 42.1 Å². The monoisotopic (exact) mass is 468 g/mol. The maximum absolute atomic E-state index is 7.66. The second-order valence-electron chi connectivity index (χ2n) is 8.95. The zero-order valence-electron chi connectivity index (χ0n) is 19.1. The van der Waals surface area contributed by atoms with Crippen LogP contribution < -0.4 is 14.4 Å². The first-order valence-corrected chi connectivity index (χ1v) is 12.7. The highest BCUT2D eigenvalue weighted by atomic mass is 32.2. The van der Waals surface area contributed by atoms with Gasteiger partial charge in [0.05, 0.1) is 30.0 Å². The van der Waals surface area contributed by atoms with Gasteiger partial charge < -0.3 is 20.9 Å². The number of thioether (sulfide) groups is 1. The van der Waals surface area contributed by atoms with Crippen molar-refractivity contribution in [3.8, 4) is 5.69 Å². The van der Waals surface area contributed by atoms with Gasteiger partial charge in [0, 0.05) is 36.6 Å². The minimum atomic E-state index is -0.0900. The Morgan fingerprint density at radius 1 is 0.971 bits per heavy atom. The number of para-hydroxylation sites is 2. The van der Waals surface area contributed by atoms with Gasteiger partial charge in [0.2, 0.25) is 0 Å². The Balaban J connectivity index is 1.36. The van der Waals surface area contributed by atoms with Crippen LogP contribution in [-0.2, 0) is 6.42 Å². The Morgan fingerprint density at radius 2 is 1.79 bits per heavy atom. The van der Waals surface area contributed by atoms with Crippen LogP contribution in [0.1, 0.15) is 17.5 Å². The number of guanidine groups is 1. The van der Waals surface area contributed by atoms with Crippen molar-refractivity contribution in [2.45, 2.75) is 17.7 Å². The summed E-state index contributed by atoms with van der Waals surface area (Å²) in [5, 5.41) is 8.97. The SMILES string of the molecule is N=C([NH-])N1CCN(c2cc(/C=C3\Sc4cccc5c4N3CCC5)cc[n+]2-c2ccccc2)CC1. The van der Waals surface area contributed by atoms with E-state index in [4.69, 9.17) is 11.1 Å². The lowest BCUT2D eigenvalue weighted by molar-refractivity contribution is -0.582. The number of pyridine rings is 1. The van der Waals surface area contributed by atoms with E-state index < -0.39 is 0 Å². The molecular weight excluding hydrogens is 440 g/mol. The third-order valence-electron chi connectivity index (χ3n) is 6.86. The number of piperazine rings is 1. The molecule has 1 fully saturated rings. The van der Waals surface area contributed by atoms with Gasteiger partial charge in [0.15, 0.2) is 0 Å². The van der Waals surface area contributed by atoms with E-state index in [2.05, 4.69) is 81.2 Å². The molecule has 6 rings (SSSR count). The number of benzene rings is 2. The molecule has 0 unspecified atom stereocenters. The van der Waals surface area contributed by atoms with E-state index in [9.17, 15) is 0 Å². The molecule has 1 aromatic heterocycles. The molecule has 0 spiro atoms. The highest BCUT2D eigenvalue weighted by molar-refractivity contribution is 8.03. The number of hydrogen-bond acceptors (Lipinski definition) is 4. The number of nitrogens with one attached hydrogen (secondary N) is 2. The largest absolute Gasteiger partial charge is 0.419 e. The summed E-state index contributed by atoms with van der Waals surface area (Å²) < 4.78 is 2.25. The fourth-order valence-corrected chi connectivity index (χ4v) is 6.34. The molecule has 3 aliphatic rings. The highest BCUT2D eigenvalue weighted by Crippen LogP contribution is 2.50. The fourth-order valence-electron chi connectivity index (χ4n) is 5.14. The molecule has 34 heavy (non-hydrogen) atoms. The third-order valence-corrected chi connectivity index (χ3v) is 7.96. The maximum atomic E-state index is 7.66. The molecule has 1 saturated heterocycles. The molecule has 172 valence electrons. The van der Waals surface area contributed by atoms with Crippen LogP contribution in [0.2, 0.25) is 0 Å². The lowest BCUT2D eigenvalue weighted by Crippen LogP contribution is -2.51. The average molecular weight is 469 g/mol. The van der Waals surface area contributed by atoms with Crippen LogP contribution in [0.4, 0.5) is 11.5 Å². The standard InChI is InChI=1S/C27H28N6S/c28-27(29)31-16-14-30(15-17-31)24-18-20(11-13-32(24)22-8-2-1-3-9-22)19-25-33-12-5-7-21-6-4-10-23(34-25)26(21)33/h1-4,6,8-11,13,18-19H,5,7,12,14-17H2,(H2-,28,29). The molecule has 0 bridgehead atoms. The van der Waals surface area contributed by atoms with Crippen molar-refractivity contribution in [2.75, 3.05) is 42.5 Å². The first kappa shape index (κ1) is 21.1. The summed E-state index contributed by atoms with van der Waals surface area (Å²) in [6.07, 6.45) is 6.86. The molecule has 3 aliphatic heterocycles. The van der Waals surface area contributed by atoms with Gasteiger partial charge in [-0.05, 0) is 54.3 Å². The van der Waals surface area contributed by atoms with Gasteiger partial charge >= 0.3 is 0 Å². The van der Waals surface area contributed by atoms with Crippen LogP contribution in [0, 0.1) is 5.41 Å². The minimum absolute atomic E-state index is 0.0900. The van der Waals surface area contributed by atoms with Crippen molar-refractivity contribution in [3.63, 3.8) is 0 Å². The second kappa shape index (κ2) is 8.72. The van der Waals surface area contributed by atoms with Crippen LogP contribution in [0.25, 0.3) is 17.5 Å². The Labute approximate surface area is 204 Å². The van der Waals surface area contributed by atoms with E-state index in [1.54, 1.807) is 0 Å². The Bertz CT molecular complexity index is 1260. The zero-order chi connectivity index (χ0) is 23.1. The summed E-state index contributed by atoms with van der Waals surface area (Å²) in [7, 11) is 0. The molecule has 2 aromatic carbocycles. The van der Waals surface area contributed by atoms with Crippen molar-refractivity contribution >= 4 is 35.3 Å². The van der Waals surface area contributed by atoms with Crippen LogP contribution in [0.5, 0.6) is 0 Å². The van der Waals surface area contributed by atoms with Crippen molar-refractivity contribution in [2.24, 2.45) is 0 Å². The zero-order valence-corrected chi connectivity index (χ0v) is 19.9. The van der Waals surface area contributed by atoms with E-state index in [-0.39, 0.29) is 5.96 Å². The van der Waals surface area contributed by atoms with Gasteiger partial charge in [0.1, 0.15) is 5.69 Å². The Kier molecular flexibility index (Phi) is 5.41. The van der Waals surface area contributed by atoms with Crippen LogP contribution in [-0.4, -0.2) is 43.6 Å². The van der Waals surface area contributed by atoms with Crippen molar-refractivity contribution < 1.29 is 4.57 Å². The van der Waals surface area contributed by atoms with E-state index in [0.29, 0.717) is 13.1 Å². The first-order chi connectivity index (χ1) is 16.7. The number of hydrogen-bond donors (Lipinski definition) is 1. The molecule has 0 saturated carbocycles. The van der Waals surface area contributed by atoms with Crippen molar-refractivity contribution in [1.29, 1.82) is 5.41 Å². The van der Waals surface area contributed by atoms with E-state index in [1.165, 1.54) is 39.6 Å². The van der Waals surface area contributed by atoms with Gasteiger partial charge in [-0.25, -0.2) is 4.57 Å². The molecule has 0 atom stereocenters. The van der Waals surface area contributed by atoms with E-state index in [0.717, 1.165) is 31.1 Å². The third kappa shape index (κ3) is 3.80. The number of anilines is 2. The quantitative estimate of drug-likeness (QED) is 0.336. The predicted molar refractivity (Wildman–Crippen MR) is 140 cm³/mol. The Morgan fingerprint density at radius 3 is 2.59 bits per heavy atom. The summed E-state index contributed by atoms with van der Waals surface area (Å²) in [5.74, 6) is 1.06. The topological polar surface area (TPSA) is 61.3 Å². The van der Waals surface area contributed by atoms with Gasteiger partial charge in [-0.2, -0.15) is 0 Å². The van der Waals surface area contributed by atoms with E-state index >= 15 is 0 Å². The van der Waals surface area contributed by atoms with E-state index in [1.807, 2.05) is 22.7 Å². The summed E-state index contributed by atoms with van der Waals surface area (Å²) in [4.78, 5) is 8.07. The molecule has 6 nitrogen and oxygen atoms in total. The molecule has 3 aromatic rings. The molecule has 0 radical (unpaired) electrons. The van der Waals surface area contributed by atoms with Gasteiger partial charge in [-0.3, -0.25) is 4.90 Å². The van der Waals surface area contributed by atoms with Crippen LogP contribution in [0.3, 0.4) is 0 Å². The molecule has 0 amide bonds. The minimum Gasteiger partial charge on any atom is -0.419 e. The summed E-state index contributed by atoms with van der Waals surface area (Å²) in [6, 6.07) is 21.6. The molecule has 7 heteroatoms. The summed E-state index contributed by atoms with van der Waals surface area (Å²) >= 11 is 1.88. The predicted octanol–water partition coefficient (Wildman–Crippen LogP) is 4.93. The summed E-state index contributed by atoms with van der Waals surface area (Å²) in [5.41, 5.74) is 12.9. The number of aryl methyl sites for hydroxylation is 1. The molecule has 4 heterocycles. The van der Waals surface area contributed by atoms with Crippen molar-refractivity contribution in [1.82, 2.24) is 4.90 Å². The lowest BCUT2D eigenvalue weighted by atomic mass is 10.0. The highest BCUT2D eigenvalue weighted by Gasteiger charge is 2.30. The lowest BCUT2D eigenvalue weighted by Gasteiger charge is -2.36. The maximum Gasteiger partial charge on any atom is 0.282 e. The van der Waals surface area contributed by atoms with Crippen LogP contribution >= 0.6 is 11.8 Å². The second-order valence-corrected chi connectivity index (χ2v) is 10.0. The number of aromatic nitrogens is 1. The number of rotatable bonds is 3. The number of nitrogens with zero attached hydrogens (tertiary/aromatic N) is 4. The van der Waals surface area contributed by atoms with Crippen molar-refractivity contribution in [3.05, 3.63) is 88.8 Å². The normalized spacial score (nSPS) is 18.4. The smallest absolute Gasteiger partial charge is 0.282 e. The summed E-state index contributed by atoms with van der Waals surface area (Å²) in [6.45, 7) is 4.06. The first-order valence-electron chi connectivity index (χ1n) is 11.9. The average Bonchev–Trinajstić information content (AvgIpc) is 3.23. The molecule has 0 aliphatic carbocycles. The molecule has 2 N–H and O–H groups in total. The van der Waals surface area contributed by atoms with Gasteiger partial charge in [0.25, 0.3) is 5.82 Å². The van der Waals surface area contributed by atoms with Gasteiger partial charge in [-0.15, -0.1) is 0 Å².